The Kier molecular flexibility index (Phi) is 7.94. The molecule has 1 saturated heterocycles. The first-order valence-electron chi connectivity index (χ1n) is 12.5. The lowest BCUT2D eigenvalue weighted by molar-refractivity contribution is -0.133. The van der Waals surface area contributed by atoms with Gasteiger partial charge in [-0.15, -0.1) is 0 Å². The summed E-state index contributed by atoms with van der Waals surface area (Å²) in [5.41, 5.74) is -0.198. The summed E-state index contributed by atoms with van der Waals surface area (Å²) in [6, 6.07) is 22.4. The third-order valence-electron chi connectivity index (χ3n) is 6.78. The summed E-state index contributed by atoms with van der Waals surface area (Å²) in [7, 11) is 0. The van der Waals surface area contributed by atoms with Crippen LogP contribution in [0.15, 0.2) is 102 Å². The van der Waals surface area contributed by atoms with E-state index in [1.54, 1.807) is 60.7 Å². The molecule has 5 rings (SSSR count). The third kappa shape index (κ3) is 5.60. The van der Waals surface area contributed by atoms with Crippen LogP contribution in [0.25, 0.3) is 0 Å². The van der Waals surface area contributed by atoms with Crippen molar-refractivity contribution in [3.8, 4) is 0 Å². The Morgan fingerprint density at radius 1 is 0.854 bits per heavy atom. The van der Waals surface area contributed by atoms with Gasteiger partial charge in [-0.1, -0.05) is 66.4 Å². The van der Waals surface area contributed by atoms with Gasteiger partial charge in [0.1, 0.15) is 11.6 Å². The van der Waals surface area contributed by atoms with Crippen molar-refractivity contribution < 1.29 is 31.9 Å². The lowest BCUT2D eigenvalue weighted by atomic mass is 9.86. The van der Waals surface area contributed by atoms with Gasteiger partial charge in [-0.3, -0.25) is 14.4 Å². The lowest BCUT2D eigenvalue weighted by Gasteiger charge is -2.31. The molecule has 1 aliphatic rings. The van der Waals surface area contributed by atoms with Crippen LogP contribution in [0.5, 0.6) is 0 Å². The maximum atomic E-state index is 14.6. The van der Waals surface area contributed by atoms with Gasteiger partial charge in [-0.25, -0.2) is 17.6 Å². The number of halogens is 4. The molecular weight excluding hydrogens is 556 g/mol. The number of anilines is 1. The molecule has 4 aromatic rings. The van der Waals surface area contributed by atoms with Crippen LogP contribution in [0.4, 0.5) is 23.2 Å². The number of carbonyl (C=O) groups is 3. The number of carbonyl (C=O) groups excluding carboxylic acids is 3. The maximum Gasteiger partial charge on any atom is 0.251 e. The zero-order valence-corrected chi connectivity index (χ0v) is 22.1. The Morgan fingerprint density at radius 2 is 1.49 bits per heavy atom. The highest BCUT2D eigenvalue weighted by Crippen LogP contribution is 2.50. The molecule has 1 N–H and O–H groups in total. The number of hydrogen-bond donors (Lipinski definition) is 1. The standard InChI is InChI=1S/C31H22F4N2O3S/c32-21-14-20(15-22(33)16-21)24-17-37(18-27(38)19-8-3-1-4-9-19)30(40)31(24,41-23-10-5-2-6-11-23)29(39)36-26-13-7-12-25(34)28(26)35/h1-16,24H,17-18H2,(H,36,39). The predicted octanol–water partition coefficient (Wildman–Crippen LogP) is 6.22. The number of rotatable bonds is 8. The average molecular weight is 579 g/mol. The van der Waals surface area contributed by atoms with E-state index < -0.39 is 63.8 Å². The zero-order chi connectivity index (χ0) is 29.1. The minimum atomic E-state index is -2.16. The number of Topliss-reactive ketones (excluding diaryl/α,β-unsaturated/α-hetero) is 1. The number of ketones is 1. The van der Waals surface area contributed by atoms with E-state index in [2.05, 4.69) is 5.32 Å². The quantitative estimate of drug-likeness (QED) is 0.153. The summed E-state index contributed by atoms with van der Waals surface area (Å²) in [5.74, 6) is -7.88. The van der Waals surface area contributed by atoms with Gasteiger partial charge >= 0.3 is 0 Å². The van der Waals surface area contributed by atoms with Crippen molar-refractivity contribution in [1.29, 1.82) is 0 Å². The van der Waals surface area contributed by atoms with E-state index in [-0.39, 0.29) is 12.1 Å². The van der Waals surface area contributed by atoms with Gasteiger partial charge in [0.2, 0.25) is 5.91 Å². The number of hydrogen-bond acceptors (Lipinski definition) is 4. The van der Waals surface area contributed by atoms with Crippen LogP contribution in [0, 0.1) is 23.3 Å². The number of nitrogens with one attached hydrogen (secondary N) is 1. The highest BCUT2D eigenvalue weighted by atomic mass is 32.2. The third-order valence-corrected chi connectivity index (χ3v) is 8.25. The molecule has 0 saturated carbocycles. The van der Waals surface area contributed by atoms with E-state index in [9.17, 15) is 31.9 Å². The van der Waals surface area contributed by atoms with Gasteiger partial charge in [0.25, 0.3) is 5.91 Å². The van der Waals surface area contributed by atoms with Crippen molar-refractivity contribution in [2.45, 2.75) is 15.6 Å². The first-order chi connectivity index (χ1) is 19.7. The molecule has 10 heteroatoms. The minimum absolute atomic E-state index is 0.0104. The molecule has 4 aromatic carbocycles. The molecule has 1 aliphatic heterocycles. The Bertz CT molecular complexity index is 1600. The summed E-state index contributed by atoms with van der Waals surface area (Å²) in [6.07, 6.45) is 0. The predicted molar refractivity (Wildman–Crippen MR) is 146 cm³/mol. The Balaban J connectivity index is 1.64. The van der Waals surface area contributed by atoms with Gasteiger partial charge < -0.3 is 10.2 Å². The number of likely N-dealkylation sites (tertiary alicyclic amines) is 1. The van der Waals surface area contributed by atoms with Crippen molar-refractivity contribution in [3.63, 3.8) is 0 Å². The summed E-state index contributed by atoms with van der Waals surface area (Å²) >= 11 is 0.810. The molecule has 0 bridgehead atoms. The van der Waals surface area contributed by atoms with Crippen LogP contribution < -0.4 is 5.32 Å². The smallest absolute Gasteiger partial charge is 0.251 e. The van der Waals surface area contributed by atoms with E-state index in [1.165, 1.54) is 6.07 Å². The van der Waals surface area contributed by atoms with Crippen molar-refractivity contribution in [3.05, 3.63) is 131 Å². The van der Waals surface area contributed by atoms with Crippen LogP contribution in [0.3, 0.4) is 0 Å². The van der Waals surface area contributed by atoms with Crippen molar-refractivity contribution >= 4 is 35.0 Å². The molecule has 2 atom stereocenters. The Labute approximate surface area is 237 Å². The summed E-state index contributed by atoms with van der Waals surface area (Å²) in [6.45, 7) is -0.672. The number of benzene rings is 4. The van der Waals surface area contributed by atoms with E-state index in [0.29, 0.717) is 16.5 Å². The summed E-state index contributed by atoms with van der Waals surface area (Å²) in [5, 5.41) is 2.32. The second-order valence-corrected chi connectivity index (χ2v) is 10.8. The normalized spacial score (nSPS) is 18.4. The average Bonchev–Trinajstić information content (AvgIpc) is 3.23. The van der Waals surface area contributed by atoms with Crippen LogP contribution in [-0.2, 0) is 9.59 Å². The molecule has 1 heterocycles. The molecule has 41 heavy (non-hydrogen) atoms. The first-order valence-corrected chi connectivity index (χ1v) is 13.3. The van der Waals surface area contributed by atoms with E-state index in [1.807, 2.05) is 0 Å². The van der Waals surface area contributed by atoms with Crippen LogP contribution in [-0.4, -0.2) is 40.3 Å². The highest BCUT2D eigenvalue weighted by Gasteiger charge is 2.61. The van der Waals surface area contributed by atoms with Crippen LogP contribution >= 0.6 is 11.8 Å². The highest BCUT2D eigenvalue weighted by molar-refractivity contribution is 8.02. The van der Waals surface area contributed by atoms with Gasteiger partial charge in [-0.2, -0.15) is 0 Å². The van der Waals surface area contributed by atoms with Crippen molar-refractivity contribution in [2.75, 3.05) is 18.4 Å². The molecule has 208 valence electrons. The van der Waals surface area contributed by atoms with Crippen LogP contribution in [0.2, 0.25) is 0 Å². The molecule has 0 aromatic heterocycles. The fourth-order valence-electron chi connectivity index (χ4n) is 4.86. The molecular formula is C31H22F4N2O3S. The topological polar surface area (TPSA) is 66.5 Å². The molecule has 2 unspecified atom stereocenters. The molecule has 0 radical (unpaired) electrons. The molecule has 5 nitrogen and oxygen atoms in total. The van der Waals surface area contributed by atoms with E-state index in [0.717, 1.165) is 40.9 Å². The number of nitrogens with zero attached hydrogens (tertiary/aromatic N) is 1. The Hall–Kier alpha value is -4.44. The largest absolute Gasteiger partial charge is 0.333 e. The Morgan fingerprint density at radius 3 is 2.15 bits per heavy atom. The monoisotopic (exact) mass is 578 g/mol. The number of amides is 2. The molecule has 0 spiro atoms. The minimum Gasteiger partial charge on any atom is -0.333 e. The zero-order valence-electron chi connectivity index (χ0n) is 21.3. The van der Waals surface area contributed by atoms with Crippen molar-refractivity contribution in [2.24, 2.45) is 0 Å². The number of thioether (sulfide) groups is 1. The fourth-order valence-corrected chi connectivity index (χ4v) is 6.24. The SMILES string of the molecule is O=C(CN1CC(c2cc(F)cc(F)c2)C(Sc2ccccc2)(C(=O)Nc2cccc(F)c2F)C1=O)c1ccccc1. The lowest BCUT2D eigenvalue weighted by Crippen LogP contribution is -2.50. The summed E-state index contributed by atoms with van der Waals surface area (Å²) in [4.78, 5) is 43.1. The first kappa shape index (κ1) is 28.1. The van der Waals surface area contributed by atoms with E-state index >= 15 is 0 Å². The van der Waals surface area contributed by atoms with Crippen LogP contribution in [0.1, 0.15) is 21.8 Å². The molecule has 2 amide bonds. The molecule has 1 fully saturated rings. The summed E-state index contributed by atoms with van der Waals surface area (Å²) < 4.78 is 55.3. The van der Waals surface area contributed by atoms with Gasteiger partial charge in [0, 0.05) is 29.0 Å². The van der Waals surface area contributed by atoms with Crippen molar-refractivity contribution in [1.82, 2.24) is 4.90 Å². The van der Waals surface area contributed by atoms with E-state index in [4.69, 9.17) is 0 Å². The van der Waals surface area contributed by atoms with Gasteiger partial charge in [0.15, 0.2) is 22.2 Å². The maximum absolute atomic E-state index is 14.6. The van der Waals surface area contributed by atoms with Gasteiger partial charge in [0.05, 0.1) is 12.2 Å². The molecule has 0 aliphatic carbocycles. The second-order valence-electron chi connectivity index (χ2n) is 9.44. The van der Waals surface area contributed by atoms with Gasteiger partial charge in [-0.05, 0) is 42.0 Å². The second kappa shape index (κ2) is 11.6. The fraction of sp³-hybridized carbons (Fsp3) is 0.129.